The molecule has 11 heteroatoms. The molecule has 0 aliphatic carbocycles. The summed E-state index contributed by atoms with van der Waals surface area (Å²) in [5.41, 5.74) is 3.78. The van der Waals surface area contributed by atoms with Crippen LogP contribution in [0.15, 0.2) is 59.8 Å². The Balaban J connectivity index is 1.40. The molecule has 1 aliphatic heterocycles. The van der Waals surface area contributed by atoms with E-state index in [-0.39, 0.29) is 11.8 Å². The van der Waals surface area contributed by atoms with E-state index in [1.165, 1.54) is 12.4 Å². The van der Waals surface area contributed by atoms with Crippen LogP contribution in [0.25, 0.3) is 17.1 Å². The molecule has 5 aromatic rings. The van der Waals surface area contributed by atoms with Crippen molar-refractivity contribution < 1.29 is 9.21 Å². The molecule has 1 N–H and O–H groups in total. The highest BCUT2D eigenvalue weighted by Gasteiger charge is 2.38. The van der Waals surface area contributed by atoms with Crippen LogP contribution in [0.5, 0.6) is 0 Å². The van der Waals surface area contributed by atoms with Crippen LogP contribution in [0.3, 0.4) is 0 Å². The fourth-order valence-corrected chi connectivity index (χ4v) is 3.83. The van der Waals surface area contributed by atoms with E-state index in [9.17, 15) is 4.79 Å². The molecule has 31 heavy (non-hydrogen) atoms. The first kappa shape index (κ1) is 17.4. The van der Waals surface area contributed by atoms with Gasteiger partial charge in [-0.15, -0.1) is 10.2 Å². The number of imidazole rings is 1. The number of carbonyl (C=O) groups is 1. The highest BCUT2D eigenvalue weighted by molar-refractivity contribution is 5.90. The van der Waals surface area contributed by atoms with Crippen molar-refractivity contribution >= 4 is 11.4 Å². The summed E-state index contributed by atoms with van der Waals surface area (Å²) in [6.45, 7) is 0.454. The Hall–Kier alpha value is -4.41. The summed E-state index contributed by atoms with van der Waals surface area (Å²) < 4.78 is 7.40. The molecule has 0 spiro atoms. The van der Waals surface area contributed by atoms with E-state index in [4.69, 9.17) is 4.42 Å². The van der Waals surface area contributed by atoms with Crippen molar-refractivity contribution in [2.24, 2.45) is 0 Å². The minimum atomic E-state index is -0.478. The highest BCUT2D eigenvalue weighted by Crippen LogP contribution is 2.34. The van der Waals surface area contributed by atoms with Crippen molar-refractivity contribution in [1.29, 1.82) is 0 Å². The van der Waals surface area contributed by atoms with Gasteiger partial charge in [0.2, 0.25) is 0 Å². The molecule has 1 aliphatic rings. The SMILES string of the molecule is O=C(c1nnc(-c2cnccn2)o1)N1CCc2[nH]cnc2[C@@H]1c1cc2ccccn2n1. The number of H-pyrrole nitrogens is 1. The lowest BCUT2D eigenvalue weighted by Gasteiger charge is -2.32. The Morgan fingerprint density at radius 1 is 1.19 bits per heavy atom. The summed E-state index contributed by atoms with van der Waals surface area (Å²) in [4.78, 5) is 30.8. The molecule has 11 nitrogen and oxygen atoms in total. The second-order valence-electron chi connectivity index (χ2n) is 7.06. The van der Waals surface area contributed by atoms with Crippen molar-refractivity contribution in [2.75, 3.05) is 6.54 Å². The number of hydrogen-bond donors (Lipinski definition) is 1. The van der Waals surface area contributed by atoms with E-state index >= 15 is 0 Å². The fraction of sp³-hybridized carbons (Fsp3) is 0.150. The van der Waals surface area contributed by atoms with Crippen LogP contribution in [0.4, 0.5) is 0 Å². The monoisotopic (exact) mass is 413 g/mol. The van der Waals surface area contributed by atoms with Crippen LogP contribution in [-0.4, -0.2) is 57.1 Å². The van der Waals surface area contributed by atoms with Gasteiger partial charge in [0.05, 0.1) is 29.4 Å². The first-order valence-electron chi connectivity index (χ1n) is 9.65. The third kappa shape index (κ3) is 2.86. The van der Waals surface area contributed by atoms with E-state index < -0.39 is 11.9 Å². The zero-order valence-electron chi connectivity index (χ0n) is 16.1. The van der Waals surface area contributed by atoms with Gasteiger partial charge in [-0.3, -0.25) is 9.78 Å². The van der Waals surface area contributed by atoms with Crippen molar-refractivity contribution in [3.8, 4) is 11.6 Å². The predicted molar refractivity (Wildman–Crippen MR) is 106 cm³/mol. The molecule has 1 atom stereocenters. The number of nitrogens with zero attached hydrogens (tertiary/aromatic N) is 8. The van der Waals surface area contributed by atoms with E-state index in [1.54, 1.807) is 21.9 Å². The van der Waals surface area contributed by atoms with Crippen molar-refractivity contribution in [2.45, 2.75) is 12.5 Å². The van der Waals surface area contributed by atoms with Gasteiger partial charge >= 0.3 is 11.8 Å². The van der Waals surface area contributed by atoms with E-state index in [0.717, 1.165) is 16.9 Å². The Morgan fingerprint density at radius 3 is 3.03 bits per heavy atom. The maximum atomic E-state index is 13.4. The molecule has 0 aromatic carbocycles. The Labute approximate surface area is 174 Å². The molecule has 0 saturated heterocycles. The molecule has 0 unspecified atom stereocenters. The molecule has 152 valence electrons. The summed E-state index contributed by atoms with van der Waals surface area (Å²) >= 11 is 0. The molecule has 1 amide bonds. The Bertz CT molecular complexity index is 1350. The van der Waals surface area contributed by atoms with Crippen molar-refractivity contribution in [3.63, 3.8) is 0 Å². The number of nitrogens with one attached hydrogen (secondary N) is 1. The summed E-state index contributed by atoms with van der Waals surface area (Å²) in [6.07, 6.45) is 8.70. The quantitative estimate of drug-likeness (QED) is 0.473. The Kier molecular flexibility index (Phi) is 3.85. The molecule has 0 radical (unpaired) electrons. The van der Waals surface area contributed by atoms with Gasteiger partial charge in [0, 0.05) is 37.3 Å². The van der Waals surface area contributed by atoms with E-state index in [2.05, 4.69) is 35.2 Å². The fourth-order valence-electron chi connectivity index (χ4n) is 3.83. The Morgan fingerprint density at radius 2 is 2.16 bits per heavy atom. The lowest BCUT2D eigenvalue weighted by atomic mass is 9.99. The van der Waals surface area contributed by atoms with Crippen LogP contribution < -0.4 is 0 Å². The number of amides is 1. The van der Waals surface area contributed by atoms with Gasteiger partial charge in [0.25, 0.3) is 5.89 Å². The summed E-state index contributed by atoms with van der Waals surface area (Å²) in [5, 5.41) is 12.6. The zero-order valence-corrected chi connectivity index (χ0v) is 16.1. The topological polar surface area (TPSA) is 131 Å². The van der Waals surface area contributed by atoms with E-state index in [0.29, 0.717) is 24.4 Å². The zero-order chi connectivity index (χ0) is 20.8. The second-order valence-corrected chi connectivity index (χ2v) is 7.06. The van der Waals surface area contributed by atoms with Gasteiger partial charge < -0.3 is 14.3 Å². The summed E-state index contributed by atoms with van der Waals surface area (Å²) in [7, 11) is 0. The number of fused-ring (bicyclic) bond motifs is 2. The maximum Gasteiger partial charge on any atom is 0.312 e. The number of aromatic nitrogens is 8. The minimum Gasteiger partial charge on any atom is -0.411 e. The molecule has 5 aromatic heterocycles. The number of rotatable bonds is 3. The molecule has 6 heterocycles. The summed E-state index contributed by atoms with van der Waals surface area (Å²) in [6, 6.07) is 7.28. The number of carbonyl (C=O) groups excluding carboxylic acids is 1. The molecule has 0 bridgehead atoms. The smallest absolute Gasteiger partial charge is 0.312 e. The minimum absolute atomic E-state index is 0.117. The highest BCUT2D eigenvalue weighted by atomic mass is 16.4. The number of hydrogen-bond acceptors (Lipinski definition) is 8. The molecular weight excluding hydrogens is 398 g/mol. The summed E-state index contributed by atoms with van der Waals surface area (Å²) in [5.74, 6) is -0.370. The number of pyridine rings is 1. The second kappa shape index (κ2) is 6.83. The standard InChI is InChI=1S/C20H15N9O2/c30-20(19-26-25-18(31-19)15-10-21-5-6-22-15)28-8-4-13-16(24-11-23-13)17(28)14-9-12-3-1-2-7-29(12)27-14/h1-3,5-7,9-11,17H,4,8H2,(H,23,24)/t17-/m0/s1. The maximum absolute atomic E-state index is 13.4. The third-order valence-corrected chi connectivity index (χ3v) is 5.25. The average molecular weight is 413 g/mol. The predicted octanol–water partition coefficient (Wildman–Crippen LogP) is 1.69. The first-order chi connectivity index (χ1) is 15.3. The van der Waals surface area contributed by atoms with Gasteiger partial charge in [-0.1, -0.05) is 6.07 Å². The van der Waals surface area contributed by atoms with Crippen molar-refractivity contribution in [1.82, 2.24) is 44.6 Å². The van der Waals surface area contributed by atoms with Gasteiger partial charge in [-0.05, 0) is 18.2 Å². The molecule has 0 saturated carbocycles. The molecule has 0 fully saturated rings. The van der Waals surface area contributed by atoms with Gasteiger partial charge in [-0.2, -0.15) is 5.10 Å². The normalized spacial score (nSPS) is 15.9. The molecular formula is C20H15N9O2. The number of aromatic amines is 1. The lowest BCUT2D eigenvalue weighted by Crippen LogP contribution is -2.41. The first-order valence-corrected chi connectivity index (χ1v) is 9.65. The molecule has 6 rings (SSSR count). The van der Waals surface area contributed by atoms with Crippen LogP contribution in [-0.2, 0) is 6.42 Å². The van der Waals surface area contributed by atoms with Gasteiger partial charge in [-0.25, -0.2) is 14.5 Å². The average Bonchev–Trinajstić information content (AvgIpc) is 3.57. The van der Waals surface area contributed by atoms with Crippen molar-refractivity contribution in [3.05, 3.63) is 78.4 Å². The van der Waals surface area contributed by atoms with Crippen LogP contribution in [0.2, 0.25) is 0 Å². The van der Waals surface area contributed by atoms with Gasteiger partial charge in [0.1, 0.15) is 11.7 Å². The van der Waals surface area contributed by atoms with Crippen LogP contribution in [0, 0.1) is 0 Å². The largest absolute Gasteiger partial charge is 0.411 e. The lowest BCUT2D eigenvalue weighted by molar-refractivity contribution is 0.0646. The third-order valence-electron chi connectivity index (χ3n) is 5.25. The van der Waals surface area contributed by atoms with Crippen LogP contribution in [0.1, 0.15) is 33.8 Å². The van der Waals surface area contributed by atoms with Crippen LogP contribution >= 0.6 is 0 Å². The van der Waals surface area contributed by atoms with Gasteiger partial charge in [0.15, 0.2) is 0 Å². The van der Waals surface area contributed by atoms with E-state index in [1.807, 2.05) is 30.5 Å².